The molecule has 2 aromatic rings. The maximum absolute atomic E-state index is 12.6. The predicted molar refractivity (Wildman–Crippen MR) is 132 cm³/mol. The highest BCUT2D eigenvalue weighted by atomic mass is 127. The SMILES string of the molecule is CCNC(=NCC(=O)N(CC)Cc1ccccc1)NCc1nc(C(C)C)cs1.I. The summed E-state index contributed by atoms with van der Waals surface area (Å²) in [5.74, 6) is 1.07. The fourth-order valence-corrected chi connectivity index (χ4v) is 3.49. The molecule has 1 amide bonds. The number of hydrogen-bond acceptors (Lipinski definition) is 4. The van der Waals surface area contributed by atoms with Crippen LogP contribution in [0, 0.1) is 0 Å². The number of thiazole rings is 1. The number of hydrogen-bond donors (Lipinski definition) is 2. The molecule has 0 bridgehead atoms. The number of nitrogens with one attached hydrogen (secondary N) is 2. The van der Waals surface area contributed by atoms with E-state index in [1.165, 1.54) is 0 Å². The normalized spacial score (nSPS) is 11.1. The number of carbonyl (C=O) groups is 1. The molecule has 0 fully saturated rings. The summed E-state index contributed by atoms with van der Waals surface area (Å²) in [6.45, 7) is 11.0. The van der Waals surface area contributed by atoms with Crippen molar-refractivity contribution in [3.8, 4) is 0 Å². The molecule has 0 aliphatic carbocycles. The summed E-state index contributed by atoms with van der Waals surface area (Å²) in [6.07, 6.45) is 0. The molecule has 0 atom stereocenters. The van der Waals surface area contributed by atoms with Gasteiger partial charge >= 0.3 is 0 Å². The van der Waals surface area contributed by atoms with Gasteiger partial charge in [-0.1, -0.05) is 44.2 Å². The molecule has 160 valence electrons. The van der Waals surface area contributed by atoms with E-state index in [1.54, 1.807) is 11.3 Å². The van der Waals surface area contributed by atoms with Crippen LogP contribution in [-0.4, -0.2) is 41.4 Å². The van der Waals surface area contributed by atoms with Crippen molar-refractivity contribution in [1.29, 1.82) is 0 Å². The van der Waals surface area contributed by atoms with Gasteiger partial charge in [0.15, 0.2) is 5.96 Å². The standard InChI is InChI=1S/C21H31N5OS.HI/c1-5-22-21(23-12-19-25-18(15-28-19)16(3)4)24-13-20(27)26(6-2)14-17-10-8-7-9-11-17;/h7-11,15-16H,5-6,12-14H2,1-4H3,(H2,22,23,24);1H. The summed E-state index contributed by atoms with van der Waals surface area (Å²) >= 11 is 1.64. The van der Waals surface area contributed by atoms with Crippen molar-refractivity contribution < 1.29 is 4.79 Å². The monoisotopic (exact) mass is 529 g/mol. The zero-order chi connectivity index (χ0) is 20.4. The Labute approximate surface area is 195 Å². The fraction of sp³-hybridized carbons (Fsp3) is 0.476. The summed E-state index contributed by atoms with van der Waals surface area (Å²) in [7, 11) is 0. The first-order valence-corrected chi connectivity index (χ1v) is 10.7. The van der Waals surface area contributed by atoms with Crippen molar-refractivity contribution in [2.45, 2.75) is 46.7 Å². The molecule has 0 radical (unpaired) electrons. The Morgan fingerprint density at radius 2 is 1.93 bits per heavy atom. The van der Waals surface area contributed by atoms with Crippen LogP contribution >= 0.6 is 35.3 Å². The number of halogens is 1. The van der Waals surface area contributed by atoms with Gasteiger partial charge in [0.05, 0.1) is 12.2 Å². The van der Waals surface area contributed by atoms with Gasteiger partial charge in [0.25, 0.3) is 0 Å². The second-order valence-electron chi connectivity index (χ2n) is 6.76. The first kappa shape index (κ1) is 25.4. The predicted octanol–water partition coefficient (Wildman–Crippen LogP) is 3.99. The number of amides is 1. The molecule has 1 heterocycles. The number of aromatic nitrogens is 1. The Kier molecular flexibility index (Phi) is 11.8. The maximum atomic E-state index is 12.6. The number of likely N-dealkylation sites (N-methyl/N-ethyl adjacent to an activating group) is 1. The van der Waals surface area contributed by atoms with Gasteiger partial charge in [-0.05, 0) is 25.3 Å². The Morgan fingerprint density at radius 1 is 1.21 bits per heavy atom. The average molecular weight is 529 g/mol. The molecule has 0 aliphatic heterocycles. The number of nitrogens with zero attached hydrogens (tertiary/aromatic N) is 3. The van der Waals surface area contributed by atoms with E-state index >= 15 is 0 Å². The van der Waals surface area contributed by atoms with Crippen molar-refractivity contribution in [1.82, 2.24) is 20.5 Å². The van der Waals surface area contributed by atoms with E-state index in [4.69, 9.17) is 0 Å². The second-order valence-corrected chi connectivity index (χ2v) is 7.71. The molecule has 29 heavy (non-hydrogen) atoms. The van der Waals surface area contributed by atoms with Gasteiger partial charge in [-0.15, -0.1) is 35.3 Å². The highest BCUT2D eigenvalue weighted by Gasteiger charge is 2.12. The molecule has 0 saturated heterocycles. The molecule has 2 rings (SSSR count). The van der Waals surface area contributed by atoms with Crippen LogP contribution in [0.2, 0.25) is 0 Å². The summed E-state index contributed by atoms with van der Waals surface area (Å²) < 4.78 is 0. The Morgan fingerprint density at radius 3 is 2.52 bits per heavy atom. The van der Waals surface area contributed by atoms with Crippen LogP contribution in [0.15, 0.2) is 40.7 Å². The van der Waals surface area contributed by atoms with Crippen LogP contribution in [0.3, 0.4) is 0 Å². The maximum Gasteiger partial charge on any atom is 0.244 e. The highest BCUT2D eigenvalue weighted by Crippen LogP contribution is 2.17. The van der Waals surface area contributed by atoms with Gasteiger partial charge in [-0.3, -0.25) is 4.79 Å². The van der Waals surface area contributed by atoms with E-state index in [2.05, 4.69) is 39.8 Å². The van der Waals surface area contributed by atoms with Crippen LogP contribution in [-0.2, 0) is 17.9 Å². The lowest BCUT2D eigenvalue weighted by Gasteiger charge is -2.20. The lowest BCUT2D eigenvalue weighted by Crippen LogP contribution is -2.38. The van der Waals surface area contributed by atoms with Crippen LogP contribution < -0.4 is 10.6 Å². The average Bonchev–Trinajstić information content (AvgIpc) is 3.18. The zero-order valence-corrected chi connectivity index (χ0v) is 20.8. The number of carbonyl (C=O) groups excluding carboxylic acids is 1. The third-order valence-electron chi connectivity index (χ3n) is 4.24. The number of benzene rings is 1. The number of aliphatic imine (C=N–C) groups is 1. The molecule has 1 aromatic heterocycles. The largest absolute Gasteiger partial charge is 0.357 e. The van der Waals surface area contributed by atoms with Gasteiger partial charge in [-0.25, -0.2) is 9.98 Å². The van der Waals surface area contributed by atoms with Gasteiger partial charge in [-0.2, -0.15) is 0 Å². The third-order valence-corrected chi connectivity index (χ3v) is 5.10. The second kappa shape index (κ2) is 13.5. The third kappa shape index (κ3) is 8.69. The summed E-state index contributed by atoms with van der Waals surface area (Å²) in [4.78, 5) is 23.5. The Hall–Kier alpha value is -1.68. The number of guanidine groups is 1. The van der Waals surface area contributed by atoms with Gasteiger partial charge in [0, 0.05) is 25.0 Å². The van der Waals surface area contributed by atoms with Crippen LogP contribution in [0.25, 0.3) is 0 Å². The van der Waals surface area contributed by atoms with Crippen LogP contribution in [0.5, 0.6) is 0 Å². The van der Waals surface area contributed by atoms with Crippen molar-refractivity contribution >= 4 is 47.2 Å². The molecule has 0 aliphatic rings. The van der Waals surface area contributed by atoms with E-state index in [-0.39, 0.29) is 36.4 Å². The van der Waals surface area contributed by atoms with Gasteiger partial charge in [0.1, 0.15) is 11.6 Å². The Balaban J connectivity index is 0.00000420. The van der Waals surface area contributed by atoms with E-state index < -0.39 is 0 Å². The van der Waals surface area contributed by atoms with Crippen molar-refractivity contribution in [2.24, 2.45) is 4.99 Å². The highest BCUT2D eigenvalue weighted by molar-refractivity contribution is 14.0. The molecule has 0 spiro atoms. The first-order chi connectivity index (χ1) is 13.5. The summed E-state index contributed by atoms with van der Waals surface area (Å²) in [5.41, 5.74) is 2.23. The molecule has 8 heteroatoms. The Bertz CT molecular complexity index is 763. The zero-order valence-electron chi connectivity index (χ0n) is 17.6. The molecule has 2 N–H and O–H groups in total. The van der Waals surface area contributed by atoms with Crippen molar-refractivity contribution in [3.63, 3.8) is 0 Å². The first-order valence-electron chi connectivity index (χ1n) is 9.81. The summed E-state index contributed by atoms with van der Waals surface area (Å²) in [6, 6.07) is 10.0. The van der Waals surface area contributed by atoms with Crippen LogP contribution in [0.4, 0.5) is 0 Å². The van der Waals surface area contributed by atoms with E-state index in [1.807, 2.05) is 49.1 Å². The minimum Gasteiger partial charge on any atom is -0.357 e. The topological polar surface area (TPSA) is 69.6 Å². The molecular weight excluding hydrogens is 497 g/mol. The molecular formula is C21H32IN5OS. The quantitative estimate of drug-likeness (QED) is 0.293. The summed E-state index contributed by atoms with van der Waals surface area (Å²) in [5, 5.41) is 9.57. The molecule has 1 aromatic carbocycles. The van der Waals surface area contributed by atoms with E-state index in [9.17, 15) is 4.79 Å². The number of rotatable bonds is 9. The minimum absolute atomic E-state index is 0. The van der Waals surface area contributed by atoms with E-state index in [0.717, 1.165) is 22.8 Å². The fourth-order valence-electron chi connectivity index (χ4n) is 2.60. The van der Waals surface area contributed by atoms with Crippen LogP contribution in [0.1, 0.15) is 49.9 Å². The van der Waals surface area contributed by atoms with E-state index in [0.29, 0.717) is 31.5 Å². The lowest BCUT2D eigenvalue weighted by atomic mass is 10.2. The molecule has 0 unspecified atom stereocenters. The van der Waals surface area contributed by atoms with Crippen molar-refractivity contribution in [2.75, 3.05) is 19.6 Å². The van der Waals surface area contributed by atoms with Gasteiger partial charge in [0.2, 0.25) is 5.91 Å². The lowest BCUT2D eigenvalue weighted by molar-refractivity contribution is -0.130. The van der Waals surface area contributed by atoms with Gasteiger partial charge < -0.3 is 15.5 Å². The minimum atomic E-state index is 0. The molecule has 0 saturated carbocycles. The van der Waals surface area contributed by atoms with Crippen molar-refractivity contribution in [3.05, 3.63) is 52.0 Å². The molecule has 6 nitrogen and oxygen atoms in total. The smallest absolute Gasteiger partial charge is 0.244 e.